The molecule has 0 amide bonds. The second-order valence-electron chi connectivity index (χ2n) is 8.70. The predicted octanol–water partition coefficient (Wildman–Crippen LogP) is 5.36. The molecular formula is C25H30FNO3. The fourth-order valence-electron chi connectivity index (χ4n) is 4.58. The summed E-state index contributed by atoms with van der Waals surface area (Å²) in [7, 11) is 0. The number of carboxylic acid groups (broad SMARTS) is 1. The van der Waals surface area contributed by atoms with Crippen molar-refractivity contribution >= 4 is 5.97 Å². The molecule has 1 saturated heterocycles. The Hall–Kier alpha value is -2.40. The maximum absolute atomic E-state index is 15.1. The van der Waals surface area contributed by atoms with Gasteiger partial charge in [0, 0.05) is 30.8 Å². The van der Waals surface area contributed by atoms with Gasteiger partial charge in [0.05, 0.1) is 12.0 Å². The van der Waals surface area contributed by atoms with Crippen molar-refractivity contribution in [1.82, 2.24) is 4.90 Å². The average Bonchev–Trinajstić information content (AvgIpc) is 2.72. The molecule has 30 heavy (non-hydrogen) atoms. The number of carboxylic acids is 1. The van der Waals surface area contributed by atoms with Crippen LogP contribution < -0.4 is 4.74 Å². The zero-order chi connectivity index (χ0) is 21.1. The molecule has 0 spiro atoms. The molecule has 1 N–H and O–H groups in total. The zero-order valence-electron chi connectivity index (χ0n) is 17.5. The van der Waals surface area contributed by atoms with Crippen molar-refractivity contribution in [2.75, 3.05) is 13.1 Å². The van der Waals surface area contributed by atoms with Gasteiger partial charge in [-0.25, -0.2) is 4.39 Å². The number of benzene rings is 2. The van der Waals surface area contributed by atoms with Crippen molar-refractivity contribution in [2.24, 2.45) is 11.8 Å². The van der Waals surface area contributed by atoms with Crippen molar-refractivity contribution in [3.63, 3.8) is 0 Å². The van der Waals surface area contributed by atoms with Crippen LogP contribution in [0, 0.1) is 17.7 Å². The van der Waals surface area contributed by atoms with Gasteiger partial charge in [-0.3, -0.25) is 9.69 Å². The van der Waals surface area contributed by atoms with E-state index in [-0.39, 0.29) is 17.8 Å². The second kappa shape index (κ2) is 9.17. The third kappa shape index (κ3) is 4.67. The number of aliphatic carboxylic acids is 1. The predicted molar refractivity (Wildman–Crippen MR) is 115 cm³/mol. The van der Waals surface area contributed by atoms with Gasteiger partial charge in [-0.2, -0.15) is 0 Å². The first kappa shape index (κ1) is 20.9. The lowest BCUT2D eigenvalue weighted by molar-refractivity contribution is -0.147. The summed E-state index contributed by atoms with van der Waals surface area (Å²) in [6.45, 7) is 3.65. The number of likely N-dealkylation sites (tertiary alicyclic amines) is 1. The molecule has 1 saturated carbocycles. The van der Waals surface area contributed by atoms with Crippen LogP contribution in [0.1, 0.15) is 44.6 Å². The summed E-state index contributed by atoms with van der Waals surface area (Å²) in [4.78, 5) is 12.9. The largest absolute Gasteiger partial charge is 0.490 e. The highest BCUT2D eigenvalue weighted by Gasteiger charge is 2.32. The summed E-state index contributed by atoms with van der Waals surface area (Å²) in [5.41, 5.74) is 1.99. The molecule has 0 unspecified atom stereocenters. The van der Waals surface area contributed by atoms with Gasteiger partial charge in [-0.15, -0.1) is 0 Å². The lowest BCUT2D eigenvalue weighted by atomic mass is 9.86. The Morgan fingerprint density at radius 3 is 2.43 bits per heavy atom. The van der Waals surface area contributed by atoms with E-state index in [2.05, 4.69) is 6.92 Å². The first-order valence-electron chi connectivity index (χ1n) is 11.0. The Bertz CT molecular complexity index is 868. The maximum atomic E-state index is 15.1. The minimum atomic E-state index is -0.777. The Balaban J connectivity index is 1.39. The summed E-state index contributed by atoms with van der Waals surface area (Å²) in [5.74, 6) is 0.342. The van der Waals surface area contributed by atoms with Crippen LogP contribution in [0.5, 0.6) is 5.75 Å². The fraction of sp³-hybridized carbons (Fsp3) is 0.480. The van der Waals surface area contributed by atoms with Crippen LogP contribution in [0.15, 0.2) is 42.5 Å². The molecule has 4 nitrogen and oxygen atoms in total. The maximum Gasteiger partial charge on any atom is 0.309 e. The van der Waals surface area contributed by atoms with E-state index in [1.165, 1.54) is 19.3 Å². The van der Waals surface area contributed by atoms with E-state index in [0.29, 0.717) is 30.8 Å². The zero-order valence-corrected chi connectivity index (χ0v) is 17.5. The number of hydrogen-bond donors (Lipinski definition) is 1. The van der Waals surface area contributed by atoms with Crippen LogP contribution >= 0.6 is 0 Å². The lowest BCUT2D eigenvalue weighted by Crippen LogP contribution is -2.49. The first-order chi connectivity index (χ1) is 14.5. The van der Waals surface area contributed by atoms with Gasteiger partial charge in [-0.1, -0.05) is 43.7 Å². The van der Waals surface area contributed by atoms with Gasteiger partial charge in [0.15, 0.2) is 0 Å². The molecule has 1 heterocycles. The van der Waals surface area contributed by atoms with Gasteiger partial charge in [0.2, 0.25) is 0 Å². The highest BCUT2D eigenvalue weighted by atomic mass is 19.1. The van der Waals surface area contributed by atoms with Crippen LogP contribution in [0.3, 0.4) is 0 Å². The summed E-state index contributed by atoms with van der Waals surface area (Å²) < 4.78 is 21.3. The number of ether oxygens (including phenoxy) is 1. The highest BCUT2D eigenvalue weighted by Crippen LogP contribution is 2.32. The molecule has 2 aliphatic rings. The number of nitrogens with zero attached hydrogens (tertiary/aromatic N) is 1. The van der Waals surface area contributed by atoms with Crippen LogP contribution in [0.2, 0.25) is 0 Å². The fourth-order valence-corrected chi connectivity index (χ4v) is 4.58. The smallest absolute Gasteiger partial charge is 0.309 e. The van der Waals surface area contributed by atoms with Gasteiger partial charge in [-0.05, 0) is 49.3 Å². The first-order valence-corrected chi connectivity index (χ1v) is 11.0. The molecule has 0 aromatic heterocycles. The van der Waals surface area contributed by atoms with E-state index < -0.39 is 5.97 Å². The van der Waals surface area contributed by atoms with Gasteiger partial charge >= 0.3 is 5.97 Å². The molecule has 2 aromatic rings. The minimum Gasteiger partial charge on any atom is -0.490 e. The van der Waals surface area contributed by atoms with Gasteiger partial charge in [0.25, 0.3) is 0 Å². The molecule has 1 aliphatic heterocycles. The molecule has 2 fully saturated rings. The minimum absolute atomic E-state index is 0.233. The molecule has 4 rings (SSSR count). The number of hydrogen-bond acceptors (Lipinski definition) is 3. The summed E-state index contributed by atoms with van der Waals surface area (Å²) in [5, 5.41) is 9.00. The summed E-state index contributed by atoms with van der Waals surface area (Å²) >= 11 is 0. The normalized spacial score (nSPS) is 22.5. The lowest BCUT2D eigenvalue weighted by Gasteiger charge is -2.36. The van der Waals surface area contributed by atoms with Crippen molar-refractivity contribution in [2.45, 2.75) is 51.7 Å². The molecule has 1 aliphatic carbocycles. The number of carbonyl (C=O) groups is 1. The quantitative estimate of drug-likeness (QED) is 0.667. The van der Waals surface area contributed by atoms with E-state index in [9.17, 15) is 4.79 Å². The standard InChI is InChI=1S/C25H30FNO3/c1-2-17-6-10-21(11-7-17)30-22-12-8-18(9-13-22)23-5-3-4-19(24(23)26)14-27-15-20(16-27)25(28)29/h3-5,8-9,12-13,17,20-21H,2,6-7,10-11,14-16H2,1H3,(H,28,29)/t17-,21-. The van der Waals surface area contributed by atoms with Crippen molar-refractivity contribution in [1.29, 1.82) is 0 Å². The third-order valence-electron chi connectivity index (χ3n) is 6.62. The summed E-state index contributed by atoms with van der Waals surface area (Å²) in [6, 6.07) is 13.1. The van der Waals surface area contributed by atoms with Gasteiger partial charge in [0.1, 0.15) is 11.6 Å². The Morgan fingerprint density at radius 2 is 1.80 bits per heavy atom. The van der Waals surface area contributed by atoms with E-state index in [4.69, 9.17) is 9.84 Å². The average molecular weight is 412 g/mol. The topological polar surface area (TPSA) is 49.8 Å². The number of halogens is 1. The Labute approximate surface area is 177 Å². The monoisotopic (exact) mass is 411 g/mol. The molecule has 0 bridgehead atoms. The van der Waals surface area contributed by atoms with Gasteiger partial charge < -0.3 is 9.84 Å². The summed E-state index contributed by atoms with van der Waals surface area (Å²) in [6.07, 6.45) is 6.23. The molecule has 2 aromatic carbocycles. The number of rotatable bonds is 7. The van der Waals surface area contributed by atoms with E-state index in [0.717, 1.165) is 30.1 Å². The van der Waals surface area contributed by atoms with E-state index in [1.807, 2.05) is 35.2 Å². The molecule has 5 heteroatoms. The molecule has 0 atom stereocenters. The van der Waals surface area contributed by atoms with Crippen LogP contribution in [0.25, 0.3) is 11.1 Å². The highest BCUT2D eigenvalue weighted by molar-refractivity contribution is 5.71. The van der Waals surface area contributed by atoms with Crippen molar-refractivity contribution in [3.8, 4) is 16.9 Å². The molecule has 160 valence electrons. The van der Waals surface area contributed by atoms with Crippen LogP contribution in [-0.2, 0) is 11.3 Å². The van der Waals surface area contributed by atoms with Crippen LogP contribution in [0.4, 0.5) is 4.39 Å². The van der Waals surface area contributed by atoms with Crippen molar-refractivity contribution < 1.29 is 19.0 Å². The van der Waals surface area contributed by atoms with E-state index in [1.54, 1.807) is 12.1 Å². The second-order valence-corrected chi connectivity index (χ2v) is 8.70. The molecule has 0 radical (unpaired) electrons. The molecular weight excluding hydrogens is 381 g/mol. The van der Waals surface area contributed by atoms with E-state index >= 15 is 4.39 Å². The Kier molecular flexibility index (Phi) is 6.38. The Morgan fingerprint density at radius 1 is 1.10 bits per heavy atom. The van der Waals surface area contributed by atoms with Crippen LogP contribution in [-0.4, -0.2) is 35.2 Å². The van der Waals surface area contributed by atoms with Crippen molar-refractivity contribution in [3.05, 3.63) is 53.8 Å². The SMILES string of the molecule is CC[C@H]1CC[C@H](Oc2ccc(-c3cccc(CN4CC(C(=O)O)C4)c3F)cc2)CC1. The third-order valence-corrected chi connectivity index (χ3v) is 6.62.